The first-order chi connectivity index (χ1) is 5.15. The standard InChI is InChI=1S/C9H17NO/c1-8(2)7(5-10)9(8)3-4-11-6-9/h7H,3-6,10H2,1-2H3. The molecule has 0 bridgehead atoms. The lowest BCUT2D eigenvalue weighted by Gasteiger charge is -2.08. The van der Waals surface area contributed by atoms with E-state index < -0.39 is 0 Å². The fraction of sp³-hybridized carbons (Fsp3) is 1.00. The maximum absolute atomic E-state index is 5.71. The molecule has 1 saturated heterocycles. The summed E-state index contributed by atoms with van der Waals surface area (Å²) >= 11 is 0. The quantitative estimate of drug-likeness (QED) is 0.613. The molecule has 2 aliphatic rings. The van der Waals surface area contributed by atoms with Gasteiger partial charge in [-0.2, -0.15) is 0 Å². The van der Waals surface area contributed by atoms with E-state index in [1.165, 1.54) is 6.42 Å². The normalized spacial score (nSPS) is 46.6. The van der Waals surface area contributed by atoms with Crippen LogP contribution in [-0.4, -0.2) is 19.8 Å². The topological polar surface area (TPSA) is 35.2 Å². The molecule has 2 fully saturated rings. The molecule has 0 radical (unpaired) electrons. The summed E-state index contributed by atoms with van der Waals surface area (Å²) in [6.45, 7) is 7.36. The molecule has 11 heavy (non-hydrogen) atoms. The van der Waals surface area contributed by atoms with Gasteiger partial charge < -0.3 is 10.5 Å². The second kappa shape index (κ2) is 1.99. The Hall–Kier alpha value is -0.0800. The number of ether oxygens (including phenoxy) is 1. The fourth-order valence-electron chi connectivity index (χ4n) is 2.95. The van der Waals surface area contributed by atoms with Crippen molar-refractivity contribution in [2.75, 3.05) is 19.8 Å². The van der Waals surface area contributed by atoms with Crippen molar-refractivity contribution in [2.45, 2.75) is 20.3 Å². The predicted molar refractivity (Wildman–Crippen MR) is 44.2 cm³/mol. The van der Waals surface area contributed by atoms with Crippen LogP contribution in [0.15, 0.2) is 0 Å². The van der Waals surface area contributed by atoms with Crippen LogP contribution in [0.5, 0.6) is 0 Å². The highest BCUT2D eigenvalue weighted by atomic mass is 16.5. The van der Waals surface area contributed by atoms with Gasteiger partial charge in [0.25, 0.3) is 0 Å². The van der Waals surface area contributed by atoms with Crippen LogP contribution in [0.3, 0.4) is 0 Å². The van der Waals surface area contributed by atoms with Gasteiger partial charge in [0.05, 0.1) is 6.61 Å². The number of hydrogen-bond acceptors (Lipinski definition) is 2. The minimum atomic E-state index is 0.443. The summed E-state index contributed by atoms with van der Waals surface area (Å²) in [5.74, 6) is 0.706. The lowest BCUT2D eigenvalue weighted by Crippen LogP contribution is -2.10. The van der Waals surface area contributed by atoms with Gasteiger partial charge in [0.1, 0.15) is 0 Å². The maximum atomic E-state index is 5.71. The molecule has 0 aromatic heterocycles. The highest BCUT2D eigenvalue weighted by molar-refractivity contribution is 5.18. The maximum Gasteiger partial charge on any atom is 0.0531 e. The Morgan fingerprint density at radius 3 is 2.64 bits per heavy atom. The fourth-order valence-corrected chi connectivity index (χ4v) is 2.95. The predicted octanol–water partition coefficient (Wildman–Crippen LogP) is 1.01. The third kappa shape index (κ3) is 0.695. The zero-order chi connectivity index (χ0) is 8.11. The van der Waals surface area contributed by atoms with Crippen molar-refractivity contribution in [3.05, 3.63) is 0 Å². The van der Waals surface area contributed by atoms with Gasteiger partial charge in [-0.15, -0.1) is 0 Å². The molecule has 0 amide bonds. The van der Waals surface area contributed by atoms with Crippen LogP contribution in [0, 0.1) is 16.7 Å². The largest absolute Gasteiger partial charge is 0.381 e. The molecule has 2 nitrogen and oxygen atoms in total. The molecule has 64 valence electrons. The second-order valence-electron chi connectivity index (χ2n) is 4.47. The minimum absolute atomic E-state index is 0.443. The van der Waals surface area contributed by atoms with E-state index in [0.717, 1.165) is 19.8 Å². The lowest BCUT2D eigenvalue weighted by molar-refractivity contribution is 0.172. The van der Waals surface area contributed by atoms with Crippen LogP contribution in [0.4, 0.5) is 0 Å². The molecule has 0 aromatic carbocycles. The zero-order valence-electron chi connectivity index (χ0n) is 7.39. The van der Waals surface area contributed by atoms with Crippen LogP contribution in [0.1, 0.15) is 20.3 Å². The van der Waals surface area contributed by atoms with Gasteiger partial charge in [0.15, 0.2) is 0 Å². The summed E-state index contributed by atoms with van der Waals surface area (Å²) < 4.78 is 5.43. The monoisotopic (exact) mass is 155 g/mol. The average molecular weight is 155 g/mol. The molecule has 2 atom stereocenters. The van der Waals surface area contributed by atoms with Crippen molar-refractivity contribution in [3.63, 3.8) is 0 Å². The lowest BCUT2D eigenvalue weighted by atomic mass is 9.95. The highest BCUT2D eigenvalue weighted by Gasteiger charge is 2.70. The van der Waals surface area contributed by atoms with Crippen LogP contribution in [-0.2, 0) is 4.74 Å². The molecule has 1 saturated carbocycles. The number of hydrogen-bond donors (Lipinski definition) is 1. The van der Waals surface area contributed by atoms with E-state index in [1.807, 2.05) is 0 Å². The summed E-state index contributed by atoms with van der Waals surface area (Å²) in [4.78, 5) is 0. The molecule has 2 rings (SSSR count). The van der Waals surface area contributed by atoms with Gasteiger partial charge in [-0.1, -0.05) is 13.8 Å². The molecule has 1 aliphatic carbocycles. The van der Waals surface area contributed by atoms with Crippen LogP contribution in [0.2, 0.25) is 0 Å². The Labute approximate surface area is 68.1 Å². The third-order valence-electron chi connectivity index (χ3n) is 4.03. The molecular formula is C9H17NO. The van der Waals surface area contributed by atoms with Crippen molar-refractivity contribution >= 4 is 0 Å². The smallest absolute Gasteiger partial charge is 0.0531 e. The Bertz CT molecular complexity index is 170. The molecule has 2 unspecified atom stereocenters. The second-order valence-corrected chi connectivity index (χ2v) is 4.47. The van der Waals surface area contributed by atoms with E-state index in [1.54, 1.807) is 0 Å². The first kappa shape index (κ1) is 7.56. The summed E-state index contributed by atoms with van der Waals surface area (Å²) in [5, 5.41) is 0. The van der Waals surface area contributed by atoms with Gasteiger partial charge in [-0.25, -0.2) is 0 Å². The summed E-state index contributed by atoms with van der Waals surface area (Å²) in [6.07, 6.45) is 1.22. The van der Waals surface area contributed by atoms with Gasteiger partial charge in [0.2, 0.25) is 0 Å². The van der Waals surface area contributed by atoms with E-state index in [9.17, 15) is 0 Å². The van der Waals surface area contributed by atoms with Gasteiger partial charge in [-0.05, 0) is 24.3 Å². The van der Waals surface area contributed by atoms with E-state index in [4.69, 9.17) is 10.5 Å². The van der Waals surface area contributed by atoms with Gasteiger partial charge in [-0.3, -0.25) is 0 Å². The molecule has 1 heterocycles. The van der Waals surface area contributed by atoms with Crippen molar-refractivity contribution in [3.8, 4) is 0 Å². The third-order valence-corrected chi connectivity index (χ3v) is 4.03. The Kier molecular flexibility index (Phi) is 1.37. The van der Waals surface area contributed by atoms with E-state index >= 15 is 0 Å². The Morgan fingerprint density at radius 2 is 2.27 bits per heavy atom. The van der Waals surface area contributed by atoms with Crippen LogP contribution in [0.25, 0.3) is 0 Å². The van der Waals surface area contributed by atoms with Crippen molar-refractivity contribution in [1.29, 1.82) is 0 Å². The summed E-state index contributed by atoms with van der Waals surface area (Å²) in [7, 11) is 0. The number of nitrogens with two attached hydrogens (primary N) is 1. The average Bonchev–Trinajstić information content (AvgIpc) is 2.36. The molecule has 0 aromatic rings. The SMILES string of the molecule is CC1(C)C(CN)C12CCOC2. The zero-order valence-corrected chi connectivity index (χ0v) is 7.39. The molecule has 1 aliphatic heterocycles. The first-order valence-electron chi connectivity index (χ1n) is 4.43. The summed E-state index contributed by atoms with van der Waals surface area (Å²) in [5.41, 5.74) is 6.61. The Balaban J connectivity index is 2.17. The van der Waals surface area contributed by atoms with Crippen molar-refractivity contribution in [2.24, 2.45) is 22.5 Å². The summed E-state index contributed by atoms with van der Waals surface area (Å²) in [6, 6.07) is 0. The highest BCUT2D eigenvalue weighted by Crippen LogP contribution is 2.71. The van der Waals surface area contributed by atoms with E-state index in [2.05, 4.69) is 13.8 Å². The van der Waals surface area contributed by atoms with E-state index in [0.29, 0.717) is 16.7 Å². The Morgan fingerprint density at radius 1 is 1.55 bits per heavy atom. The molecule has 2 heteroatoms. The van der Waals surface area contributed by atoms with Crippen molar-refractivity contribution in [1.82, 2.24) is 0 Å². The van der Waals surface area contributed by atoms with Crippen molar-refractivity contribution < 1.29 is 4.74 Å². The van der Waals surface area contributed by atoms with Gasteiger partial charge >= 0.3 is 0 Å². The molecule has 2 N–H and O–H groups in total. The molecular weight excluding hydrogens is 138 g/mol. The number of rotatable bonds is 1. The van der Waals surface area contributed by atoms with Gasteiger partial charge in [0, 0.05) is 12.0 Å². The van der Waals surface area contributed by atoms with Crippen LogP contribution >= 0.6 is 0 Å². The molecule has 1 spiro atoms. The minimum Gasteiger partial charge on any atom is -0.381 e. The first-order valence-corrected chi connectivity index (χ1v) is 4.43. The van der Waals surface area contributed by atoms with E-state index in [-0.39, 0.29) is 0 Å². The van der Waals surface area contributed by atoms with Crippen LogP contribution < -0.4 is 5.73 Å².